The number of likely N-dealkylation sites (N-methyl/N-ethyl adjacent to an activating group) is 1. The van der Waals surface area contributed by atoms with Crippen LogP contribution >= 0.6 is 0 Å². The Morgan fingerprint density at radius 1 is 1.10 bits per heavy atom. The number of morpholine rings is 1. The summed E-state index contributed by atoms with van der Waals surface area (Å²) in [5.41, 5.74) is 0.139. The van der Waals surface area contributed by atoms with Gasteiger partial charge in [-0.1, -0.05) is 0 Å². The minimum Gasteiger partial charge on any atom is -0.492 e. The van der Waals surface area contributed by atoms with Crippen LogP contribution < -0.4 is 4.74 Å². The molecule has 2 aliphatic heterocycles. The number of nitrogens with zero attached hydrogens (tertiary/aromatic N) is 2. The molecule has 2 heterocycles. The summed E-state index contributed by atoms with van der Waals surface area (Å²) in [4.78, 5) is 29.7. The van der Waals surface area contributed by atoms with Crippen molar-refractivity contribution in [2.45, 2.75) is 51.3 Å². The van der Waals surface area contributed by atoms with E-state index in [1.807, 2.05) is 59.1 Å². The molecule has 2 aliphatic rings. The van der Waals surface area contributed by atoms with Gasteiger partial charge in [0, 0.05) is 18.0 Å². The van der Waals surface area contributed by atoms with Crippen molar-refractivity contribution in [2.75, 3.05) is 40.5 Å². The Bertz CT molecular complexity index is 727. The number of rotatable bonds is 6. The van der Waals surface area contributed by atoms with E-state index in [1.165, 1.54) is 0 Å². The van der Waals surface area contributed by atoms with Crippen molar-refractivity contribution in [2.24, 2.45) is 5.92 Å². The number of carbonyl (C=O) groups is 2. The number of benzene rings is 1. The van der Waals surface area contributed by atoms with E-state index in [0.717, 1.165) is 12.3 Å². The van der Waals surface area contributed by atoms with Crippen molar-refractivity contribution >= 4 is 11.9 Å². The van der Waals surface area contributed by atoms with Gasteiger partial charge in [0.15, 0.2) is 5.78 Å². The number of Topliss-reactive ketones (excluding diaryl/α,β-unsaturated/α-hetero) is 1. The lowest BCUT2D eigenvalue weighted by Gasteiger charge is -2.47. The normalized spacial score (nSPS) is 23.9. The highest BCUT2D eigenvalue weighted by Crippen LogP contribution is 2.34. The summed E-state index contributed by atoms with van der Waals surface area (Å²) < 4.78 is 17.0. The van der Waals surface area contributed by atoms with E-state index in [2.05, 4.69) is 4.90 Å². The topological polar surface area (TPSA) is 68.3 Å². The molecule has 2 fully saturated rings. The number of ketones is 1. The third kappa shape index (κ3) is 5.73. The van der Waals surface area contributed by atoms with Crippen molar-refractivity contribution in [3.05, 3.63) is 29.8 Å². The SMILES string of the molecule is CN(C)CCOc1ccc(C(=O)C2CC3COCC(C2)N3C(=O)OC(C)(C)C)cc1. The zero-order chi connectivity index (χ0) is 21.9. The maximum atomic E-state index is 13.1. The highest BCUT2D eigenvalue weighted by Gasteiger charge is 2.45. The van der Waals surface area contributed by atoms with E-state index in [1.54, 1.807) is 4.90 Å². The molecular weight excluding hydrogens is 384 g/mol. The van der Waals surface area contributed by atoms with Crippen molar-refractivity contribution in [3.63, 3.8) is 0 Å². The minimum absolute atomic E-state index is 0.121. The summed E-state index contributed by atoms with van der Waals surface area (Å²) in [6.45, 7) is 7.91. The number of hydrogen-bond donors (Lipinski definition) is 0. The molecule has 0 aromatic heterocycles. The zero-order valence-corrected chi connectivity index (χ0v) is 18.7. The lowest BCUT2D eigenvalue weighted by molar-refractivity contribution is -0.0861. The highest BCUT2D eigenvalue weighted by molar-refractivity contribution is 5.98. The van der Waals surface area contributed by atoms with Crippen molar-refractivity contribution in [3.8, 4) is 5.75 Å². The lowest BCUT2D eigenvalue weighted by atomic mass is 9.81. The van der Waals surface area contributed by atoms with Gasteiger partial charge in [-0.15, -0.1) is 0 Å². The first kappa shape index (κ1) is 22.6. The summed E-state index contributed by atoms with van der Waals surface area (Å²) in [6, 6.07) is 7.11. The zero-order valence-electron chi connectivity index (χ0n) is 18.7. The molecule has 7 nitrogen and oxygen atoms in total. The molecule has 0 radical (unpaired) electrons. The first-order valence-corrected chi connectivity index (χ1v) is 10.6. The molecule has 166 valence electrons. The number of hydrogen-bond acceptors (Lipinski definition) is 6. The molecule has 1 aromatic rings. The molecule has 0 spiro atoms. The summed E-state index contributed by atoms with van der Waals surface area (Å²) in [7, 11) is 4.00. The second-order valence-corrected chi connectivity index (χ2v) is 9.44. The fourth-order valence-corrected chi connectivity index (χ4v) is 4.04. The summed E-state index contributed by atoms with van der Waals surface area (Å²) in [6.07, 6.45) is 0.872. The fraction of sp³-hybridized carbons (Fsp3) is 0.652. The largest absolute Gasteiger partial charge is 0.492 e. The Kier molecular flexibility index (Phi) is 7.03. The standard InChI is InChI=1S/C23H34N2O5/c1-23(2,3)30-22(27)25-18-12-17(13-19(25)15-28-14-18)21(26)16-6-8-20(9-7-16)29-11-10-24(4)5/h6-9,17-19H,10-15H2,1-5H3. The van der Waals surface area contributed by atoms with E-state index in [4.69, 9.17) is 14.2 Å². The van der Waals surface area contributed by atoms with E-state index in [9.17, 15) is 9.59 Å². The molecule has 2 bridgehead atoms. The number of ether oxygens (including phenoxy) is 3. The molecule has 30 heavy (non-hydrogen) atoms. The fourth-order valence-electron chi connectivity index (χ4n) is 4.04. The lowest BCUT2D eigenvalue weighted by Crippen LogP contribution is -2.60. The molecule has 1 aromatic carbocycles. The monoisotopic (exact) mass is 418 g/mol. The van der Waals surface area contributed by atoms with E-state index in [0.29, 0.717) is 38.2 Å². The average molecular weight is 419 g/mol. The van der Waals surface area contributed by atoms with Gasteiger partial charge in [0.2, 0.25) is 0 Å². The maximum Gasteiger partial charge on any atom is 0.410 e. The summed E-state index contributed by atoms with van der Waals surface area (Å²) in [5, 5.41) is 0. The van der Waals surface area contributed by atoms with Gasteiger partial charge in [-0.05, 0) is 72.0 Å². The first-order valence-electron chi connectivity index (χ1n) is 10.6. The van der Waals surface area contributed by atoms with Gasteiger partial charge in [0.1, 0.15) is 18.0 Å². The molecule has 0 N–H and O–H groups in total. The van der Waals surface area contributed by atoms with Gasteiger partial charge in [-0.3, -0.25) is 9.69 Å². The van der Waals surface area contributed by atoms with Crippen molar-refractivity contribution in [1.82, 2.24) is 9.80 Å². The predicted molar refractivity (Wildman–Crippen MR) is 114 cm³/mol. The molecule has 2 unspecified atom stereocenters. The quantitative estimate of drug-likeness (QED) is 0.661. The Balaban J connectivity index is 1.62. The molecule has 2 atom stereocenters. The Hall–Kier alpha value is -2.12. The van der Waals surface area contributed by atoms with Crippen LogP contribution in [0, 0.1) is 5.92 Å². The molecule has 1 amide bonds. The summed E-state index contributed by atoms with van der Waals surface area (Å²) >= 11 is 0. The molecule has 0 aliphatic carbocycles. The van der Waals surface area contributed by atoms with Crippen LogP contribution in [0.1, 0.15) is 44.0 Å². The van der Waals surface area contributed by atoms with Gasteiger partial charge < -0.3 is 19.1 Å². The second-order valence-electron chi connectivity index (χ2n) is 9.44. The van der Waals surface area contributed by atoms with Crippen LogP contribution in [0.25, 0.3) is 0 Å². The van der Waals surface area contributed by atoms with Gasteiger partial charge in [0.05, 0.1) is 25.3 Å². The highest BCUT2D eigenvalue weighted by atomic mass is 16.6. The van der Waals surface area contributed by atoms with Gasteiger partial charge in [-0.2, -0.15) is 0 Å². The third-order valence-corrected chi connectivity index (χ3v) is 5.44. The van der Waals surface area contributed by atoms with E-state index < -0.39 is 5.60 Å². The Labute approximate surface area is 179 Å². The van der Waals surface area contributed by atoms with Crippen LogP contribution in [0.3, 0.4) is 0 Å². The minimum atomic E-state index is -0.546. The van der Waals surface area contributed by atoms with Crippen LogP contribution in [-0.2, 0) is 9.47 Å². The second kappa shape index (κ2) is 9.35. The van der Waals surface area contributed by atoms with Gasteiger partial charge in [-0.25, -0.2) is 4.79 Å². The van der Waals surface area contributed by atoms with Gasteiger partial charge >= 0.3 is 6.09 Å². The molecular formula is C23H34N2O5. The molecule has 3 rings (SSSR count). The smallest absolute Gasteiger partial charge is 0.410 e. The van der Waals surface area contributed by atoms with Crippen LogP contribution in [0.2, 0.25) is 0 Å². The van der Waals surface area contributed by atoms with E-state index in [-0.39, 0.29) is 29.9 Å². The maximum absolute atomic E-state index is 13.1. The van der Waals surface area contributed by atoms with Crippen molar-refractivity contribution in [1.29, 1.82) is 0 Å². The molecule has 2 saturated heterocycles. The van der Waals surface area contributed by atoms with Crippen LogP contribution in [0.15, 0.2) is 24.3 Å². The molecule has 7 heteroatoms. The number of piperidine rings is 1. The van der Waals surface area contributed by atoms with E-state index >= 15 is 0 Å². The van der Waals surface area contributed by atoms with Crippen LogP contribution in [0.4, 0.5) is 4.79 Å². The Morgan fingerprint density at radius 2 is 1.70 bits per heavy atom. The number of amides is 1. The average Bonchev–Trinajstić information content (AvgIpc) is 2.65. The number of fused-ring (bicyclic) bond motifs is 2. The predicted octanol–water partition coefficient (Wildman–Crippen LogP) is 3.22. The summed E-state index contributed by atoms with van der Waals surface area (Å²) in [5.74, 6) is 0.761. The van der Waals surface area contributed by atoms with Gasteiger partial charge in [0.25, 0.3) is 0 Å². The van der Waals surface area contributed by atoms with Crippen LogP contribution in [0.5, 0.6) is 5.75 Å². The first-order chi connectivity index (χ1) is 14.1. The molecule has 0 saturated carbocycles. The third-order valence-electron chi connectivity index (χ3n) is 5.44. The van der Waals surface area contributed by atoms with Crippen molar-refractivity contribution < 1.29 is 23.8 Å². The number of carbonyl (C=O) groups excluding carboxylic acids is 2. The Morgan fingerprint density at radius 3 is 2.23 bits per heavy atom. The van der Waals surface area contributed by atoms with Crippen LogP contribution in [-0.4, -0.2) is 79.8 Å².